The molecule has 126 valence electrons. The highest BCUT2D eigenvalue weighted by molar-refractivity contribution is 7.10. The number of hydrogen-bond acceptors (Lipinski definition) is 5. The van der Waals surface area contributed by atoms with Crippen LogP contribution in [0.4, 0.5) is 5.95 Å². The molecular formula is C17H21N5OS. The van der Waals surface area contributed by atoms with Crippen LogP contribution >= 0.6 is 11.3 Å². The molecule has 0 saturated heterocycles. The van der Waals surface area contributed by atoms with Gasteiger partial charge in [-0.15, -0.1) is 11.3 Å². The van der Waals surface area contributed by atoms with Crippen LogP contribution in [0, 0.1) is 0 Å². The van der Waals surface area contributed by atoms with E-state index in [1.807, 2.05) is 11.3 Å². The Labute approximate surface area is 143 Å². The smallest absolute Gasteiger partial charge is 0.263 e. The number of hydrogen-bond donors (Lipinski definition) is 2. The second kappa shape index (κ2) is 6.05. The van der Waals surface area contributed by atoms with Gasteiger partial charge in [-0.25, -0.2) is 0 Å². The lowest BCUT2D eigenvalue weighted by Crippen LogP contribution is -2.36. The van der Waals surface area contributed by atoms with E-state index in [1.54, 1.807) is 17.9 Å². The molecule has 0 aromatic carbocycles. The molecule has 1 fully saturated rings. The van der Waals surface area contributed by atoms with Gasteiger partial charge in [0.25, 0.3) is 5.56 Å². The van der Waals surface area contributed by atoms with Crippen molar-refractivity contribution in [3.8, 4) is 0 Å². The zero-order valence-corrected chi connectivity index (χ0v) is 14.5. The molecule has 6 nitrogen and oxygen atoms in total. The first-order chi connectivity index (χ1) is 11.7. The molecule has 3 aromatic rings. The molecule has 0 aliphatic heterocycles. The molecule has 3 aromatic heterocycles. The Morgan fingerprint density at radius 2 is 2.21 bits per heavy atom. The molecular weight excluding hydrogens is 322 g/mol. The van der Waals surface area contributed by atoms with Crippen LogP contribution < -0.4 is 10.9 Å². The molecule has 3 heterocycles. The average molecular weight is 343 g/mol. The minimum Gasteiger partial charge on any atom is -0.355 e. The molecule has 1 aliphatic rings. The third-order valence-corrected chi connectivity index (χ3v) is 6.17. The van der Waals surface area contributed by atoms with Gasteiger partial charge in [0.05, 0.1) is 6.20 Å². The second-order valence-corrected chi connectivity index (χ2v) is 7.54. The zero-order chi connectivity index (χ0) is 16.6. The fourth-order valence-corrected chi connectivity index (χ4v) is 4.68. The van der Waals surface area contributed by atoms with Crippen LogP contribution in [0.1, 0.15) is 37.0 Å². The van der Waals surface area contributed by atoms with E-state index < -0.39 is 0 Å². The Hall–Kier alpha value is -2.15. The van der Waals surface area contributed by atoms with Crippen molar-refractivity contribution >= 4 is 28.3 Å². The van der Waals surface area contributed by atoms with E-state index >= 15 is 0 Å². The lowest BCUT2D eigenvalue weighted by Gasteiger charge is -2.36. The van der Waals surface area contributed by atoms with Crippen molar-refractivity contribution in [3.63, 3.8) is 0 Å². The van der Waals surface area contributed by atoms with Gasteiger partial charge < -0.3 is 5.32 Å². The van der Waals surface area contributed by atoms with Crippen LogP contribution in [0.15, 0.2) is 28.5 Å². The number of aromatic amines is 1. The van der Waals surface area contributed by atoms with Gasteiger partial charge in [0.2, 0.25) is 5.95 Å². The van der Waals surface area contributed by atoms with Gasteiger partial charge in [-0.3, -0.25) is 14.5 Å². The minimum absolute atomic E-state index is 0.145. The van der Waals surface area contributed by atoms with Crippen molar-refractivity contribution in [2.45, 2.75) is 37.5 Å². The molecule has 0 radical (unpaired) electrons. The van der Waals surface area contributed by atoms with Crippen LogP contribution in [-0.2, 0) is 12.5 Å². The van der Waals surface area contributed by atoms with E-state index in [4.69, 9.17) is 0 Å². The average Bonchev–Trinajstić information content (AvgIpc) is 3.25. The molecule has 0 bridgehead atoms. The number of aryl methyl sites for hydroxylation is 1. The van der Waals surface area contributed by atoms with E-state index in [0.717, 1.165) is 6.54 Å². The predicted molar refractivity (Wildman–Crippen MR) is 96.7 cm³/mol. The van der Waals surface area contributed by atoms with E-state index in [9.17, 15) is 4.79 Å². The Balaban J connectivity index is 1.63. The molecule has 0 amide bonds. The van der Waals surface area contributed by atoms with Gasteiger partial charge in [-0.2, -0.15) is 10.1 Å². The standard InChI is InChI=1S/C17H21N5OS/c1-22-14-12(10-19-22)15(23)21-16(20-14)18-11-17(7-3-2-4-8-17)13-6-5-9-24-13/h5-6,9-10H,2-4,7-8,11H2,1H3,(H2,18,20,21,23). The summed E-state index contributed by atoms with van der Waals surface area (Å²) in [5.74, 6) is 0.526. The first-order valence-electron chi connectivity index (χ1n) is 8.38. The molecule has 2 N–H and O–H groups in total. The summed E-state index contributed by atoms with van der Waals surface area (Å²) in [7, 11) is 1.80. The molecule has 7 heteroatoms. The van der Waals surface area contributed by atoms with Gasteiger partial charge in [0.15, 0.2) is 5.65 Å². The predicted octanol–water partition coefficient (Wildman–Crippen LogP) is 3.03. The normalized spacial score (nSPS) is 17.2. The lowest BCUT2D eigenvalue weighted by atomic mass is 9.73. The monoisotopic (exact) mass is 343 g/mol. The van der Waals surface area contributed by atoms with E-state index in [-0.39, 0.29) is 11.0 Å². The van der Waals surface area contributed by atoms with Crippen molar-refractivity contribution in [2.75, 3.05) is 11.9 Å². The van der Waals surface area contributed by atoms with Gasteiger partial charge in [0.1, 0.15) is 5.39 Å². The topological polar surface area (TPSA) is 75.6 Å². The number of fused-ring (bicyclic) bond motifs is 1. The maximum absolute atomic E-state index is 12.2. The van der Waals surface area contributed by atoms with Crippen LogP contribution in [0.5, 0.6) is 0 Å². The molecule has 0 atom stereocenters. The van der Waals surface area contributed by atoms with Crippen molar-refractivity contribution in [1.29, 1.82) is 0 Å². The highest BCUT2D eigenvalue weighted by Gasteiger charge is 2.34. The van der Waals surface area contributed by atoms with E-state index in [1.165, 1.54) is 37.0 Å². The number of thiophene rings is 1. The number of nitrogens with zero attached hydrogens (tertiary/aromatic N) is 3. The van der Waals surface area contributed by atoms with Crippen LogP contribution in [-0.4, -0.2) is 26.3 Å². The highest BCUT2D eigenvalue weighted by Crippen LogP contribution is 2.41. The number of aromatic nitrogens is 4. The van der Waals surface area contributed by atoms with Gasteiger partial charge in [-0.05, 0) is 24.3 Å². The fourth-order valence-electron chi connectivity index (χ4n) is 3.69. The maximum atomic E-state index is 12.2. The highest BCUT2D eigenvalue weighted by atomic mass is 32.1. The van der Waals surface area contributed by atoms with E-state index in [0.29, 0.717) is 17.0 Å². The maximum Gasteiger partial charge on any atom is 0.263 e. The van der Waals surface area contributed by atoms with Crippen molar-refractivity contribution in [1.82, 2.24) is 19.7 Å². The summed E-state index contributed by atoms with van der Waals surface area (Å²) in [4.78, 5) is 21.0. The van der Waals surface area contributed by atoms with Crippen LogP contribution in [0.3, 0.4) is 0 Å². The summed E-state index contributed by atoms with van der Waals surface area (Å²) in [6, 6.07) is 4.36. The number of rotatable bonds is 4. The fraction of sp³-hybridized carbons (Fsp3) is 0.471. The van der Waals surface area contributed by atoms with Crippen molar-refractivity contribution in [2.24, 2.45) is 7.05 Å². The zero-order valence-electron chi connectivity index (χ0n) is 13.7. The molecule has 24 heavy (non-hydrogen) atoms. The summed E-state index contributed by atoms with van der Waals surface area (Å²) in [5.41, 5.74) is 0.603. The van der Waals surface area contributed by atoms with Crippen LogP contribution in [0.25, 0.3) is 11.0 Å². The Morgan fingerprint density at radius 1 is 1.38 bits per heavy atom. The number of nitrogens with one attached hydrogen (secondary N) is 2. The molecule has 0 spiro atoms. The third-order valence-electron chi connectivity index (χ3n) is 5.05. The minimum atomic E-state index is -0.149. The summed E-state index contributed by atoms with van der Waals surface area (Å²) in [6.07, 6.45) is 7.73. The molecule has 0 unspecified atom stereocenters. The quantitative estimate of drug-likeness (QED) is 0.763. The number of H-pyrrole nitrogens is 1. The van der Waals surface area contributed by atoms with E-state index in [2.05, 4.69) is 37.9 Å². The lowest BCUT2D eigenvalue weighted by molar-refractivity contribution is 0.313. The molecule has 4 rings (SSSR count). The largest absolute Gasteiger partial charge is 0.355 e. The van der Waals surface area contributed by atoms with Crippen LogP contribution in [0.2, 0.25) is 0 Å². The first kappa shape index (κ1) is 15.4. The molecule has 1 saturated carbocycles. The van der Waals surface area contributed by atoms with Crippen molar-refractivity contribution < 1.29 is 0 Å². The summed E-state index contributed by atoms with van der Waals surface area (Å²) < 4.78 is 1.63. The third kappa shape index (κ3) is 2.62. The van der Waals surface area contributed by atoms with Gasteiger partial charge in [0, 0.05) is 23.9 Å². The first-order valence-corrected chi connectivity index (χ1v) is 9.26. The second-order valence-electron chi connectivity index (χ2n) is 6.59. The summed E-state index contributed by atoms with van der Waals surface area (Å²) >= 11 is 1.83. The number of anilines is 1. The van der Waals surface area contributed by atoms with Gasteiger partial charge >= 0.3 is 0 Å². The summed E-state index contributed by atoms with van der Waals surface area (Å²) in [6.45, 7) is 0.791. The summed E-state index contributed by atoms with van der Waals surface area (Å²) in [5, 5.41) is 10.2. The Bertz CT molecular complexity index is 889. The Kier molecular flexibility index (Phi) is 3.88. The Morgan fingerprint density at radius 3 is 2.96 bits per heavy atom. The molecule has 1 aliphatic carbocycles. The SMILES string of the molecule is Cn1ncc2c(=O)[nH]c(NCC3(c4cccs4)CCCCC3)nc21. The van der Waals surface area contributed by atoms with Gasteiger partial charge in [-0.1, -0.05) is 25.3 Å². The van der Waals surface area contributed by atoms with Crippen molar-refractivity contribution in [3.05, 3.63) is 38.9 Å².